The van der Waals surface area contributed by atoms with Crippen molar-refractivity contribution in [3.8, 4) is 10.6 Å². The third-order valence-electron chi connectivity index (χ3n) is 3.83. The Morgan fingerprint density at radius 1 is 1.40 bits per heavy atom. The van der Waals surface area contributed by atoms with Crippen LogP contribution in [0.1, 0.15) is 55.5 Å². The largest absolute Gasteiger partial charge is 0.309 e. The molecule has 1 aliphatic carbocycles. The quantitative estimate of drug-likeness (QED) is 0.829. The molecule has 20 heavy (non-hydrogen) atoms. The first-order valence-electron chi connectivity index (χ1n) is 7.57. The lowest BCUT2D eigenvalue weighted by molar-refractivity contribution is 0.577. The minimum absolute atomic E-state index is 0.396. The van der Waals surface area contributed by atoms with Crippen molar-refractivity contribution in [2.45, 2.75) is 45.1 Å². The predicted molar refractivity (Wildman–Crippen MR) is 86.2 cm³/mol. The van der Waals surface area contributed by atoms with Crippen LogP contribution >= 0.6 is 11.3 Å². The fourth-order valence-corrected chi connectivity index (χ4v) is 3.36. The van der Waals surface area contributed by atoms with Crippen molar-refractivity contribution in [2.24, 2.45) is 0 Å². The number of hydrogen-bond donors (Lipinski definition) is 1. The summed E-state index contributed by atoms with van der Waals surface area (Å²) in [6, 6.07) is 9.32. The van der Waals surface area contributed by atoms with Crippen LogP contribution in [0.3, 0.4) is 0 Å². The zero-order valence-corrected chi connectivity index (χ0v) is 13.0. The van der Waals surface area contributed by atoms with E-state index < -0.39 is 0 Å². The lowest BCUT2D eigenvalue weighted by Crippen LogP contribution is -2.18. The van der Waals surface area contributed by atoms with Gasteiger partial charge in [-0.25, -0.2) is 4.98 Å². The number of rotatable bonds is 6. The van der Waals surface area contributed by atoms with E-state index in [9.17, 15) is 0 Å². The molecular weight excluding hydrogens is 264 g/mol. The van der Waals surface area contributed by atoms with E-state index in [4.69, 9.17) is 0 Å². The van der Waals surface area contributed by atoms with Gasteiger partial charge in [-0.3, -0.25) is 0 Å². The fourth-order valence-electron chi connectivity index (χ4n) is 2.42. The summed E-state index contributed by atoms with van der Waals surface area (Å²) in [5.41, 5.74) is 2.75. The molecule has 1 aromatic carbocycles. The molecule has 1 N–H and O–H groups in total. The van der Waals surface area contributed by atoms with Crippen LogP contribution in [0.25, 0.3) is 10.6 Å². The van der Waals surface area contributed by atoms with Crippen LogP contribution in [0.5, 0.6) is 0 Å². The van der Waals surface area contributed by atoms with Crippen LogP contribution in [0, 0.1) is 0 Å². The zero-order valence-electron chi connectivity index (χ0n) is 12.2. The van der Waals surface area contributed by atoms with E-state index >= 15 is 0 Å². The summed E-state index contributed by atoms with van der Waals surface area (Å²) in [7, 11) is 0. The number of thiazole rings is 1. The van der Waals surface area contributed by atoms with Gasteiger partial charge < -0.3 is 5.32 Å². The molecule has 3 rings (SSSR count). The molecule has 0 amide bonds. The molecule has 2 nitrogen and oxygen atoms in total. The number of hydrogen-bond acceptors (Lipinski definition) is 3. The summed E-state index contributed by atoms with van der Waals surface area (Å²) in [4.78, 5) is 5.94. The second kappa shape index (κ2) is 6.06. The highest BCUT2D eigenvalue weighted by Gasteiger charge is 2.23. The average Bonchev–Trinajstić information content (AvgIpc) is 3.22. The van der Waals surface area contributed by atoms with Crippen LogP contribution < -0.4 is 5.32 Å². The Hall–Kier alpha value is -1.19. The van der Waals surface area contributed by atoms with Gasteiger partial charge in [0.2, 0.25) is 0 Å². The third-order valence-corrected chi connectivity index (χ3v) is 5.06. The monoisotopic (exact) mass is 286 g/mol. The second-order valence-electron chi connectivity index (χ2n) is 5.64. The van der Waals surface area contributed by atoms with Gasteiger partial charge in [0.1, 0.15) is 5.01 Å². The highest BCUT2D eigenvalue weighted by atomic mass is 32.1. The maximum absolute atomic E-state index is 4.61. The van der Waals surface area contributed by atoms with Gasteiger partial charge >= 0.3 is 0 Å². The number of aromatic nitrogens is 1. The van der Waals surface area contributed by atoms with Gasteiger partial charge in [0.15, 0.2) is 0 Å². The summed E-state index contributed by atoms with van der Waals surface area (Å²) < 4.78 is 0. The molecule has 0 saturated heterocycles. The first-order valence-corrected chi connectivity index (χ1v) is 8.39. The molecule has 0 spiro atoms. The van der Waals surface area contributed by atoms with Gasteiger partial charge in [0.05, 0.1) is 0 Å². The Kier molecular flexibility index (Phi) is 4.18. The normalized spacial score (nSPS) is 16.3. The zero-order chi connectivity index (χ0) is 13.9. The van der Waals surface area contributed by atoms with E-state index in [-0.39, 0.29) is 0 Å². The summed E-state index contributed by atoms with van der Waals surface area (Å²) in [5.74, 6) is 0.805. The molecule has 1 saturated carbocycles. The topological polar surface area (TPSA) is 24.9 Å². The Labute approximate surface area is 125 Å². The maximum atomic E-state index is 4.61. The first-order chi connectivity index (χ1) is 9.78. The smallest absolute Gasteiger partial charge is 0.123 e. The van der Waals surface area contributed by atoms with Crippen LogP contribution in [0.4, 0.5) is 0 Å². The molecule has 1 fully saturated rings. The molecule has 106 valence electrons. The van der Waals surface area contributed by atoms with Gasteiger partial charge in [-0.1, -0.05) is 25.1 Å². The predicted octanol–water partition coefficient (Wildman–Crippen LogP) is 4.75. The van der Waals surface area contributed by atoms with Gasteiger partial charge in [0.25, 0.3) is 0 Å². The van der Waals surface area contributed by atoms with Crippen molar-refractivity contribution in [1.29, 1.82) is 0 Å². The number of benzene rings is 1. The molecule has 0 aliphatic heterocycles. The van der Waals surface area contributed by atoms with E-state index in [1.54, 1.807) is 0 Å². The van der Waals surface area contributed by atoms with Crippen molar-refractivity contribution in [3.05, 3.63) is 40.9 Å². The van der Waals surface area contributed by atoms with Crippen LogP contribution in [0.15, 0.2) is 30.5 Å². The highest BCUT2D eigenvalue weighted by Crippen LogP contribution is 2.41. The first kappa shape index (κ1) is 13.8. The lowest BCUT2D eigenvalue weighted by atomic mass is 10.1. The summed E-state index contributed by atoms with van der Waals surface area (Å²) in [6.45, 7) is 5.47. The maximum Gasteiger partial charge on any atom is 0.123 e. The SMILES string of the molecule is CCCNC(C)c1cnc(-c2cccc(C3CC3)c2)s1. The Morgan fingerprint density at radius 3 is 3.00 bits per heavy atom. The summed E-state index contributed by atoms with van der Waals surface area (Å²) in [5, 5.41) is 4.67. The van der Waals surface area contributed by atoms with Crippen LogP contribution in [-0.4, -0.2) is 11.5 Å². The van der Waals surface area contributed by atoms with Crippen LogP contribution in [0.2, 0.25) is 0 Å². The molecule has 1 aliphatic rings. The van der Waals surface area contributed by atoms with Crippen molar-refractivity contribution in [3.63, 3.8) is 0 Å². The Balaban J connectivity index is 1.77. The molecule has 0 bridgehead atoms. The molecule has 2 aromatic rings. The highest BCUT2D eigenvalue weighted by molar-refractivity contribution is 7.15. The molecular formula is C17H22N2S. The van der Waals surface area contributed by atoms with E-state index in [0.717, 1.165) is 17.5 Å². The van der Waals surface area contributed by atoms with Gasteiger partial charge in [0, 0.05) is 22.7 Å². The standard InChI is InChI=1S/C17H22N2S/c1-3-9-18-12(2)16-11-19-17(20-16)15-6-4-5-14(10-15)13-7-8-13/h4-6,10-13,18H,3,7-9H2,1-2H3. The second-order valence-corrected chi connectivity index (χ2v) is 6.71. The van der Waals surface area contributed by atoms with E-state index in [0.29, 0.717) is 6.04 Å². The Bertz CT molecular complexity index is 572. The Morgan fingerprint density at radius 2 is 2.25 bits per heavy atom. The fraction of sp³-hybridized carbons (Fsp3) is 0.471. The average molecular weight is 286 g/mol. The van der Waals surface area contributed by atoms with Crippen molar-refractivity contribution in [2.75, 3.05) is 6.54 Å². The van der Waals surface area contributed by atoms with Crippen LogP contribution in [-0.2, 0) is 0 Å². The van der Waals surface area contributed by atoms with E-state index in [1.807, 2.05) is 17.5 Å². The van der Waals surface area contributed by atoms with E-state index in [1.165, 1.54) is 35.3 Å². The minimum atomic E-state index is 0.396. The van der Waals surface area contributed by atoms with E-state index in [2.05, 4.69) is 48.4 Å². The van der Waals surface area contributed by atoms with Gasteiger partial charge in [-0.05, 0) is 50.3 Å². The summed E-state index contributed by atoms with van der Waals surface area (Å²) >= 11 is 1.81. The minimum Gasteiger partial charge on any atom is -0.309 e. The van der Waals surface area contributed by atoms with Gasteiger partial charge in [-0.15, -0.1) is 11.3 Å². The number of nitrogens with zero attached hydrogens (tertiary/aromatic N) is 1. The van der Waals surface area contributed by atoms with Crippen molar-refractivity contribution >= 4 is 11.3 Å². The molecule has 3 heteroatoms. The lowest BCUT2D eigenvalue weighted by Gasteiger charge is -2.09. The summed E-state index contributed by atoms with van der Waals surface area (Å²) in [6.07, 6.45) is 5.89. The molecule has 1 unspecified atom stereocenters. The molecule has 1 atom stereocenters. The molecule has 0 radical (unpaired) electrons. The third kappa shape index (κ3) is 3.10. The number of nitrogens with one attached hydrogen (secondary N) is 1. The molecule has 1 heterocycles. The van der Waals surface area contributed by atoms with Gasteiger partial charge in [-0.2, -0.15) is 0 Å². The molecule has 1 aromatic heterocycles. The van der Waals surface area contributed by atoms with Crippen molar-refractivity contribution < 1.29 is 0 Å². The van der Waals surface area contributed by atoms with Crippen molar-refractivity contribution in [1.82, 2.24) is 10.3 Å².